The first-order valence-corrected chi connectivity index (χ1v) is 14.5. The number of likely N-dealkylation sites (tertiary alicyclic amines) is 1. The number of halogens is 1. The number of carbonyl (C=O) groups is 3. The maximum absolute atomic E-state index is 14.3. The van der Waals surface area contributed by atoms with Crippen LogP contribution in [0.1, 0.15) is 42.7 Å². The number of anilines is 1. The van der Waals surface area contributed by atoms with E-state index in [0.29, 0.717) is 16.8 Å². The second-order valence-electron chi connectivity index (χ2n) is 11.0. The molecule has 0 bridgehead atoms. The van der Waals surface area contributed by atoms with E-state index in [1.165, 1.54) is 35.0 Å². The van der Waals surface area contributed by atoms with Crippen LogP contribution in [-0.2, 0) is 29.6 Å². The van der Waals surface area contributed by atoms with Crippen LogP contribution in [-0.4, -0.2) is 74.6 Å². The van der Waals surface area contributed by atoms with E-state index in [1.54, 1.807) is 24.3 Å². The number of fused-ring (bicyclic) bond motifs is 3. The average molecular weight is 591 g/mol. The zero-order valence-corrected chi connectivity index (χ0v) is 26.3. The van der Waals surface area contributed by atoms with Gasteiger partial charge in [0.25, 0.3) is 5.91 Å². The van der Waals surface area contributed by atoms with Crippen molar-refractivity contribution in [2.75, 3.05) is 18.9 Å². The molecule has 3 N–H and O–H groups in total. The van der Waals surface area contributed by atoms with Crippen molar-refractivity contribution in [1.82, 2.24) is 14.8 Å². The minimum Gasteiger partial charge on any atom is -0.459 e. The van der Waals surface area contributed by atoms with Crippen molar-refractivity contribution < 1.29 is 57.6 Å². The summed E-state index contributed by atoms with van der Waals surface area (Å²) in [6.07, 6.45) is 0.343. The first-order valence-electron chi connectivity index (χ1n) is 13.1. The van der Waals surface area contributed by atoms with Crippen LogP contribution < -0.4 is 34.9 Å². The van der Waals surface area contributed by atoms with Crippen molar-refractivity contribution in [3.63, 3.8) is 0 Å². The molecule has 2 aliphatic rings. The number of rotatable bonds is 7. The van der Waals surface area contributed by atoms with Gasteiger partial charge in [-0.15, -0.1) is 0 Å². The van der Waals surface area contributed by atoms with Gasteiger partial charge in [0, 0.05) is 41.7 Å². The largest absolute Gasteiger partial charge is 1.00 e. The third-order valence-electron chi connectivity index (χ3n) is 8.01. The van der Waals surface area contributed by atoms with E-state index in [9.17, 15) is 28.1 Å². The molecule has 0 radical (unpaired) electrons. The standard InChI is InChI=1S/C29H32FN4O5S.Na/c1-16(2)12-23(33(3)25(35)22-13-17-19(30)9-7-11-20(17)31-22)26(36)34-15-29(14-24(34)27(37)40(4)39)18-8-5-6-10-21(18)32-28(29)38;/h5-11,13,16,23-24,27,31,37H,4,12,14-15H2,1-3H3,(H,32,38);/q-1;+1/t23-,24?,27?,29-;/m0./s1. The molecule has 4 atom stereocenters. The molecule has 5 rings (SSSR count). The summed E-state index contributed by atoms with van der Waals surface area (Å²) in [6, 6.07) is 11.2. The Balaban J connectivity index is 0.00000387. The number of benzene rings is 2. The molecule has 212 valence electrons. The SMILES string of the molecule is C=[S-](=O)C(O)C1C[C@@]2(CN1C(=O)[C@H](CC(C)C)N(C)C(=O)c1cc3c(F)cccc3[nH]1)C(=O)Nc1ccccc12.[Na+]. The molecule has 9 nitrogen and oxygen atoms in total. The zero-order valence-electron chi connectivity index (χ0n) is 23.5. The normalized spacial score (nSPS) is 21.2. The van der Waals surface area contributed by atoms with E-state index in [1.807, 2.05) is 19.9 Å². The van der Waals surface area contributed by atoms with Crippen molar-refractivity contribution in [2.24, 2.45) is 5.92 Å². The van der Waals surface area contributed by atoms with Gasteiger partial charge in [-0.05, 0) is 48.6 Å². The van der Waals surface area contributed by atoms with Crippen molar-refractivity contribution >= 4 is 50.6 Å². The van der Waals surface area contributed by atoms with Crippen LogP contribution in [0.15, 0.2) is 48.5 Å². The molecule has 0 aliphatic carbocycles. The Labute approximate surface area is 261 Å². The number of aliphatic hydroxyl groups excluding tert-OH is 1. The van der Waals surface area contributed by atoms with Crippen molar-refractivity contribution in [2.45, 2.75) is 49.6 Å². The maximum atomic E-state index is 14.3. The predicted octanol–water partition coefficient (Wildman–Crippen LogP) is 0.00290. The summed E-state index contributed by atoms with van der Waals surface area (Å²) in [6.45, 7) is 3.78. The Morgan fingerprint density at radius 3 is 2.61 bits per heavy atom. The number of nitrogens with zero attached hydrogens (tertiary/aromatic N) is 2. The molecular formula is C29H32FN4NaO5S. The topological polar surface area (TPSA) is 123 Å². The number of aromatic amines is 1. The molecule has 2 aliphatic heterocycles. The van der Waals surface area contributed by atoms with E-state index < -0.39 is 51.0 Å². The van der Waals surface area contributed by atoms with Gasteiger partial charge in [0.05, 0.1) is 5.41 Å². The Hall–Kier alpha value is -2.70. The van der Waals surface area contributed by atoms with Gasteiger partial charge in [0.1, 0.15) is 17.6 Å². The molecule has 1 aromatic heterocycles. The number of likely N-dealkylation sites (N-methyl/N-ethyl adjacent to an activating group) is 1. The van der Waals surface area contributed by atoms with E-state index in [2.05, 4.69) is 16.2 Å². The van der Waals surface area contributed by atoms with Gasteiger partial charge in [0.15, 0.2) is 0 Å². The summed E-state index contributed by atoms with van der Waals surface area (Å²) < 4.78 is 26.6. The van der Waals surface area contributed by atoms with Crippen LogP contribution in [0.5, 0.6) is 0 Å². The van der Waals surface area contributed by atoms with E-state index in [4.69, 9.17) is 0 Å². The van der Waals surface area contributed by atoms with Crippen LogP contribution in [0.2, 0.25) is 0 Å². The number of H-pyrrole nitrogens is 1. The van der Waals surface area contributed by atoms with Crippen molar-refractivity contribution in [3.8, 4) is 0 Å². The van der Waals surface area contributed by atoms with Gasteiger partial charge >= 0.3 is 29.6 Å². The van der Waals surface area contributed by atoms with Crippen LogP contribution in [0, 0.1) is 11.7 Å². The Kier molecular flexibility index (Phi) is 9.06. The fourth-order valence-electron chi connectivity index (χ4n) is 5.97. The van der Waals surface area contributed by atoms with Crippen LogP contribution in [0.4, 0.5) is 10.1 Å². The fourth-order valence-corrected chi connectivity index (χ4v) is 6.57. The van der Waals surface area contributed by atoms with Crippen LogP contribution in [0.25, 0.3) is 10.9 Å². The number of amides is 3. The summed E-state index contributed by atoms with van der Waals surface area (Å²) in [5.74, 6) is 1.70. The fraction of sp³-hybridized carbons (Fsp3) is 0.379. The molecule has 2 aromatic carbocycles. The molecule has 2 unspecified atom stereocenters. The molecular weight excluding hydrogens is 558 g/mol. The number of hydrogen-bond donors (Lipinski definition) is 3. The number of aromatic nitrogens is 1. The Morgan fingerprint density at radius 2 is 1.95 bits per heavy atom. The van der Waals surface area contributed by atoms with E-state index in [0.717, 1.165) is 0 Å². The van der Waals surface area contributed by atoms with Gasteiger partial charge in [-0.25, -0.2) is 14.8 Å². The minimum absolute atomic E-state index is 0. The Bertz CT molecular complexity index is 1580. The second-order valence-corrected chi connectivity index (χ2v) is 12.3. The van der Waals surface area contributed by atoms with Gasteiger partial charge in [-0.2, -0.15) is 5.87 Å². The first kappa shape index (κ1) is 31.2. The van der Waals surface area contributed by atoms with Crippen molar-refractivity contribution in [3.05, 3.63) is 65.6 Å². The first-order chi connectivity index (χ1) is 18.9. The summed E-state index contributed by atoms with van der Waals surface area (Å²) in [5.41, 5.74) is -0.730. The monoisotopic (exact) mass is 590 g/mol. The molecule has 1 saturated heterocycles. The van der Waals surface area contributed by atoms with Gasteiger partial charge in [0.2, 0.25) is 11.8 Å². The smallest absolute Gasteiger partial charge is 0.459 e. The number of para-hydroxylation sites is 1. The molecule has 1 spiro atoms. The molecule has 3 heterocycles. The molecule has 12 heteroatoms. The quantitative estimate of drug-likeness (QED) is 0.203. The van der Waals surface area contributed by atoms with Crippen LogP contribution in [0.3, 0.4) is 0 Å². The summed E-state index contributed by atoms with van der Waals surface area (Å²) >= 11 is 0. The van der Waals surface area contributed by atoms with Gasteiger partial charge in [-0.3, -0.25) is 14.4 Å². The van der Waals surface area contributed by atoms with Gasteiger partial charge < -0.3 is 29.4 Å². The Morgan fingerprint density at radius 1 is 1.24 bits per heavy atom. The predicted molar refractivity (Wildman–Crippen MR) is 152 cm³/mol. The molecule has 0 saturated carbocycles. The second kappa shape index (κ2) is 11.9. The number of carbonyl (C=O) groups excluding carboxylic acids is 3. The van der Waals surface area contributed by atoms with Gasteiger partial charge in [-0.1, -0.05) is 38.1 Å². The van der Waals surface area contributed by atoms with E-state index in [-0.39, 0.29) is 71.8 Å². The van der Waals surface area contributed by atoms with Crippen LogP contribution >= 0.6 is 0 Å². The summed E-state index contributed by atoms with van der Waals surface area (Å²) in [4.78, 5) is 46.8. The minimum atomic E-state index is -1.95. The molecule has 3 amide bonds. The summed E-state index contributed by atoms with van der Waals surface area (Å²) in [5, 5.41) is 14.0. The molecule has 41 heavy (non-hydrogen) atoms. The number of hydrogen-bond acceptors (Lipinski definition) is 6. The third kappa shape index (κ3) is 5.46. The van der Waals surface area contributed by atoms with Crippen molar-refractivity contribution in [1.29, 1.82) is 0 Å². The maximum Gasteiger partial charge on any atom is 1.00 e. The third-order valence-corrected chi connectivity index (χ3v) is 8.87. The summed E-state index contributed by atoms with van der Waals surface area (Å²) in [7, 11) is -0.445. The number of nitrogens with one attached hydrogen (secondary N) is 2. The average Bonchev–Trinajstić information content (AvgIpc) is 3.61. The zero-order chi connectivity index (χ0) is 28.9. The molecule has 1 fully saturated rings. The van der Waals surface area contributed by atoms with E-state index >= 15 is 0 Å². The molecule has 3 aromatic rings. The number of aliphatic hydroxyl groups is 1.